The molecule has 0 aliphatic carbocycles. The second kappa shape index (κ2) is 36.8. The van der Waals surface area contributed by atoms with E-state index in [1.807, 2.05) is 0 Å². The van der Waals surface area contributed by atoms with E-state index in [9.17, 15) is 0 Å². The van der Waals surface area contributed by atoms with Crippen LogP contribution >= 0.6 is 8.69 Å². The molecule has 0 aromatic heterocycles. The maximum Gasteiger partial charge on any atom is 0.0642 e. The van der Waals surface area contributed by atoms with Crippen LogP contribution in [0.2, 0.25) is 0 Å². The molecule has 0 atom stereocenters. The molecule has 5 heteroatoms. The molecule has 0 rings (SSSR count). The Morgan fingerprint density at radius 3 is 1.60 bits per heavy atom. The molecular weight excluding hydrogens is 95.0 g/mol. The molecule has 0 amide bonds. The predicted octanol–water partition coefficient (Wildman–Crippen LogP) is -0.429. The SMILES string of the molecule is O=P[O-].OO. The first-order valence-corrected chi connectivity index (χ1v) is 1.30. The van der Waals surface area contributed by atoms with Gasteiger partial charge in [0.1, 0.15) is 0 Å². The fourth-order valence-corrected chi connectivity index (χ4v) is 0. The van der Waals surface area contributed by atoms with Gasteiger partial charge in [-0.05, 0) is 0 Å². The molecule has 32 valence electrons. The Bertz CT molecular complexity index is 11.1. The third-order valence-electron chi connectivity index (χ3n) is 0. The number of hydrogen-bond acceptors (Lipinski definition) is 4. The van der Waals surface area contributed by atoms with E-state index in [0.29, 0.717) is 0 Å². The zero-order valence-corrected chi connectivity index (χ0v) is 3.05. The summed E-state index contributed by atoms with van der Waals surface area (Å²) in [6.07, 6.45) is 0. The van der Waals surface area contributed by atoms with E-state index in [4.69, 9.17) is 20.0 Å². The molecule has 0 saturated heterocycles. The lowest BCUT2D eigenvalue weighted by Crippen LogP contribution is -1.65. The second-order valence-corrected chi connectivity index (χ2v) is 0.224. The fourth-order valence-electron chi connectivity index (χ4n) is 0. The normalized spacial score (nSPS) is 5.40. The van der Waals surface area contributed by atoms with Crippen LogP contribution in [-0.2, 0) is 4.57 Å². The van der Waals surface area contributed by atoms with Crippen LogP contribution in [0, 0.1) is 0 Å². The van der Waals surface area contributed by atoms with Gasteiger partial charge < -0.3 is 4.89 Å². The maximum atomic E-state index is 8.35. The van der Waals surface area contributed by atoms with Gasteiger partial charge in [-0.25, -0.2) is 0 Å². The monoisotopic (exact) mass is 97.0 g/mol. The molecule has 0 spiro atoms. The van der Waals surface area contributed by atoms with Crippen molar-refractivity contribution in [3.8, 4) is 0 Å². The van der Waals surface area contributed by atoms with Gasteiger partial charge in [0.25, 0.3) is 0 Å². The van der Waals surface area contributed by atoms with E-state index in [2.05, 4.69) is 0 Å². The molecular formula is H2O4P-. The number of hydrogen-bond donors (Lipinski definition) is 2. The van der Waals surface area contributed by atoms with Gasteiger partial charge in [-0.1, -0.05) is 0 Å². The van der Waals surface area contributed by atoms with Crippen LogP contribution in [0.3, 0.4) is 0 Å². The highest BCUT2D eigenvalue weighted by atomic mass is 31.1. The lowest BCUT2D eigenvalue weighted by atomic mass is 15.0. The van der Waals surface area contributed by atoms with Crippen molar-refractivity contribution in [2.24, 2.45) is 0 Å². The van der Waals surface area contributed by atoms with Gasteiger partial charge in [0, 0.05) is 0 Å². The van der Waals surface area contributed by atoms with Crippen molar-refractivity contribution in [1.82, 2.24) is 0 Å². The Hall–Kier alpha value is -0.0200. The molecule has 0 radical (unpaired) electrons. The third kappa shape index (κ3) is 39000. The first-order chi connectivity index (χ1) is 2.41. The maximum absolute atomic E-state index is 8.35. The van der Waals surface area contributed by atoms with Crippen molar-refractivity contribution in [3.63, 3.8) is 0 Å². The predicted molar refractivity (Wildman–Crippen MR) is 12.9 cm³/mol. The molecule has 0 aromatic rings. The summed E-state index contributed by atoms with van der Waals surface area (Å²) < 4.78 is 8.35. The minimum absolute atomic E-state index is 1.08. The van der Waals surface area contributed by atoms with Gasteiger partial charge in [-0.2, -0.15) is 0 Å². The van der Waals surface area contributed by atoms with Gasteiger partial charge in [0.15, 0.2) is 0 Å². The van der Waals surface area contributed by atoms with Gasteiger partial charge in [-0.15, -0.1) is 0 Å². The summed E-state index contributed by atoms with van der Waals surface area (Å²) >= 11 is 0. The Kier molecular flexibility index (Phi) is 65.4. The summed E-state index contributed by atoms with van der Waals surface area (Å²) in [5.41, 5.74) is 0. The minimum atomic E-state index is -1.08. The summed E-state index contributed by atoms with van der Waals surface area (Å²) in [4.78, 5) is 8.35. The molecule has 0 bridgehead atoms. The summed E-state index contributed by atoms with van der Waals surface area (Å²) in [7, 11) is -1.08. The molecule has 5 heavy (non-hydrogen) atoms. The lowest BCUT2D eigenvalue weighted by Gasteiger charge is -1.57. The molecule has 0 aromatic carbocycles. The van der Waals surface area contributed by atoms with E-state index < -0.39 is 8.69 Å². The Labute approximate surface area is 29.9 Å². The van der Waals surface area contributed by atoms with Crippen LogP contribution in [0.4, 0.5) is 0 Å². The van der Waals surface area contributed by atoms with Crippen molar-refractivity contribution in [2.45, 2.75) is 0 Å². The average molecular weight is 97.0 g/mol. The first-order valence-electron chi connectivity index (χ1n) is 0.565. The highest BCUT2D eigenvalue weighted by Gasteiger charge is 1.01. The zero-order chi connectivity index (χ0) is 4.71. The van der Waals surface area contributed by atoms with Crippen LogP contribution in [0.15, 0.2) is 0 Å². The molecule has 2 N–H and O–H groups in total. The van der Waals surface area contributed by atoms with E-state index in [-0.39, 0.29) is 0 Å². The van der Waals surface area contributed by atoms with E-state index >= 15 is 0 Å². The third-order valence-corrected chi connectivity index (χ3v) is 0. The number of rotatable bonds is 0. The van der Waals surface area contributed by atoms with Crippen LogP contribution in [0.5, 0.6) is 0 Å². The smallest absolute Gasteiger partial charge is 0.0642 e. The summed E-state index contributed by atoms with van der Waals surface area (Å²) in [6.45, 7) is 0. The summed E-state index contributed by atoms with van der Waals surface area (Å²) in [5.74, 6) is 0. The molecule has 0 aliphatic rings. The largest absolute Gasteiger partial charge is 0.772 e. The second-order valence-electron chi connectivity index (χ2n) is 0.0745. The van der Waals surface area contributed by atoms with Gasteiger partial charge in [0.05, 0.1) is 8.69 Å². The molecule has 0 aliphatic heterocycles. The van der Waals surface area contributed by atoms with Crippen LogP contribution in [0.1, 0.15) is 0 Å². The van der Waals surface area contributed by atoms with Gasteiger partial charge >= 0.3 is 0 Å². The van der Waals surface area contributed by atoms with Crippen LogP contribution in [-0.4, -0.2) is 10.5 Å². The molecule has 0 heterocycles. The molecule has 0 fully saturated rings. The Balaban J connectivity index is 0. The Morgan fingerprint density at radius 2 is 1.60 bits per heavy atom. The van der Waals surface area contributed by atoms with Crippen molar-refractivity contribution in [3.05, 3.63) is 0 Å². The topological polar surface area (TPSA) is 80.6 Å². The first kappa shape index (κ1) is 8.88. The minimum Gasteiger partial charge on any atom is -0.772 e. The summed E-state index contributed by atoms with van der Waals surface area (Å²) in [5, 5.41) is 12.0. The zero-order valence-electron chi connectivity index (χ0n) is 2.16. The molecule has 4 nitrogen and oxygen atoms in total. The van der Waals surface area contributed by atoms with Crippen LogP contribution < -0.4 is 4.89 Å². The van der Waals surface area contributed by atoms with E-state index in [1.165, 1.54) is 0 Å². The van der Waals surface area contributed by atoms with E-state index in [1.54, 1.807) is 0 Å². The molecule has 0 saturated carbocycles. The van der Waals surface area contributed by atoms with Gasteiger partial charge in [0.2, 0.25) is 0 Å². The van der Waals surface area contributed by atoms with Crippen molar-refractivity contribution < 1.29 is 20.0 Å². The average Bonchev–Trinajstić information content (AvgIpc) is 1.46. The quantitative estimate of drug-likeness (QED) is 0.244. The van der Waals surface area contributed by atoms with Crippen molar-refractivity contribution >= 4 is 8.69 Å². The molecule has 0 unspecified atom stereocenters. The highest BCUT2D eigenvalue weighted by molar-refractivity contribution is 7.14. The van der Waals surface area contributed by atoms with Crippen LogP contribution in [0.25, 0.3) is 0 Å². The lowest BCUT2D eigenvalue weighted by molar-refractivity contribution is -0.176. The summed E-state index contributed by atoms with van der Waals surface area (Å²) in [6, 6.07) is 0. The fraction of sp³-hybridized carbons (Fsp3) is 0. The Morgan fingerprint density at radius 1 is 1.60 bits per heavy atom. The van der Waals surface area contributed by atoms with Crippen molar-refractivity contribution in [2.75, 3.05) is 0 Å². The van der Waals surface area contributed by atoms with Gasteiger partial charge in [-0.3, -0.25) is 15.1 Å². The van der Waals surface area contributed by atoms with E-state index in [0.717, 1.165) is 0 Å². The standard InChI is InChI=1S/HO2P.H2O2/c1-3-2;1-2/h(H,1,2);1-2H/p-1. The van der Waals surface area contributed by atoms with Crippen molar-refractivity contribution in [1.29, 1.82) is 0 Å². The highest BCUT2D eigenvalue weighted by Crippen LogP contribution is 1.53.